The summed E-state index contributed by atoms with van der Waals surface area (Å²) in [6.45, 7) is 5.73. The summed E-state index contributed by atoms with van der Waals surface area (Å²) in [4.78, 5) is 12.9. The number of likely N-dealkylation sites (N-methyl/N-ethyl adjacent to an activating group) is 1. The van der Waals surface area contributed by atoms with Gasteiger partial charge in [0.2, 0.25) is 5.91 Å². The Bertz CT molecular complexity index is 147. The first kappa shape index (κ1) is 11.1. The van der Waals surface area contributed by atoms with Crippen LogP contribution in [-0.2, 0) is 4.79 Å². The van der Waals surface area contributed by atoms with Crippen LogP contribution in [0, 0.1) is 0 Å². The average molecular weight is 171 g/mol. The van der Waals surface area contributed by atoms with Gasteiger partial charge in [-0.05, 0) is 7.05 Å². The van der Waals surface area contributed by atoms with Crippen LogP contribution in [0.2, 0.25) is 0 Å². The maximum Gasteiger partial charge on any atom is 0.234 e. The van der Waals surface area contributed by atoms with E-state index in [-0.39, 0.29) is 5.91 Å². The second kappa shape index (κ2) is 6.82. The molecular weight excluding hydrogens is 154 g/mol. The summed E-state index contributed by atoms with van der Waals surface area (Å²) in [6, 6.07) is 0. The van der Waals surface area contributed by atoms with Crippen LogP contribution in [-0.4, -0.2) is 44.0 Å². The Labute approximate surface area is 73.4 Å². The van der Waals surface area contributed by atoms with Crippen molar-refractivity contribution in [1.82, 2.24) is 10.2 Å². The molecule has 4 heteroatoms. The number of hydrogen-bond donors (Lipinski definition) is 2. The van der Waals surface area contributed by atoms with Gasteiger partial charge in [-0.3, -0.25) is 9.69 Å². The molecule has 0 aliphatic heterocycles. The van der Waals surface area contributed by atoms with Gasteiger partial charge in [-0.2, -0.15) is 0 Å². The summed E-state index contributed by atoms with van der Waals surface area (Å²) in [7, 11) is 1.86. The summed E-state index contributed by atoms with van der Waals surface area (Å²) < 4.78 is 0. The third-order valence-electron chi connectivity index (χ3n) is 1.37. The number of nitrogens with zero attached hydrogens (tertiary/aromatic N) is 1. The first-order chi connectivity index (χ1) is 5.70. The van der Waals surface area contributed by atoms with Crippen molar-refractivity contribution in [3.63, 3.8) is 0 Å². The third kappa shape index (κ3) is 5.88. The van der Waals surface area contributed by atoms with Crippen molar-refractivity contribution >= 4 is 5.91 Å². The SMILES string of the molecule is C=CCNC(=O)CN(C)CCN. The fraction of sp³-hybridized carbons (Fsp3) is 0.625. The molecule has 0 aromatic carbocycles. The molecule has 0 aromatic heterocycles. The lowest BCUT2D eigenvalue weighted by molar-refractivity contribution is -0.121. The molecule has 4 nitrogen and oxygen atoms in total. The van der Waals surface area contributed by atoms with Crippen LogP contribution >= 0.6 is 0 Å². The maximum absolute atomic E-state index is 11.0. The van der Waals surface area contributed by atoms with Crippen molar-refractivity contribution in [2.75, 3.05) is 33.2 Å². The standard InChI is InChI=1S/C8H17N3O/c1-3-5-10-8(12)7-11(2)6-4-9/h3H,1,4-7,9H2,2H3,(H,10,12). The summed E-state index contributed by atoms with van der Waals surface area (Å²) in [5.74, 6) is 0.00542. The van der Waals surface area contributed by atoms with Gasteiger partial charge in [-0.1, -0.05) is 6.08 Å². The van der Waals surface area contributed by atoms with Crippen LogP contribution in [0.15, 0.2) is 12.7 Å². The molecule has 3 N–H and O–H groups in total. The van der Waals surface area contributed by atoms with E-state index >= 15 is 0 Å². The fourth-order valence-electron chi connectivity index (χ4n) is 0.787. The molecule has 0 unspecified atom stereocenters. The largest absolute Gasteiger partial charge is 0.352 e. The third-order valence-corrected chi connectivity index (χ3v) is 1.37. The first-order valence-electron chi connectivity index (χ1n) is 3.97. The molecule has 0 atom stereocenters. The highest BCUT2D eigenvalue weighted by molar-refractivity contribution is 5.78. The van der Waals surface area contributed by atoms with Crippen LogP contribution in [0.5, 0.6) is 0 Å². The summed E-state index contributed by atoms with van der Waals surface area (Å²) in [6.07, 6.45) is 1.65. The lowest BCUT2D eigenvalue weighted by Gasteiger charge is -2.13. The molecule has 0 fully saturated rings. The molecule has 0 aliphatic carbocycles. The minimum absolute atomic E-state index is 0.00542. The van der Waals surface area contributed by atoms with Crippen molar-refractivity contribution in [2.24, 2.45) is 5.73 Å². The quantitative estimate of drug-likeness (QED) is 0.513. The van der Waals surface area contributed by atoms with Crippen LogP contribution in [0.1, 0.15) is 0 Å². The van der Waals surface area contributed by atoms with Crippen LogP contribution in [0.3, 0.4) is 0 Å². The van der Waals surface area contributed by atoms with Gasteiger partial charge in [0.1, 0.15) is 0 Å². The molecule has 0 heterocycles. The van der Waals surface area contributed by atoms with E-state index in [4.69, 9.17) is 5.73 Å². The van der Waals surface area contributed by atoms with Gasteiger partial charge in [0.25, 0.3) is 0 Å². The van der Waals surface area contributed by atoms with Crippen LogP contribution in [0.25, 0.3) is 0 Å². The summed E-state index contributed by atoms with van der Waals surface area (Å²) >= 11 is 0. The average Bonchev–Trinajstić information content (AvgIpc) is 2.01. The highest BCUT2D eigenvalue weighted by Crippen LogP contribution is 1.79. The number of nitrogens with one attached hydrogen (secondary N) is 1. The molecule has 70 valence electrons. The zero-order valence-electron chi connectivity index (χ0n) is 7.55. The molecule has 0 saturated heterocycles. The van der Waals surface area contributed by atoms with Crippen molar-refractivity contribution in [3.8, 4) is 0 Å². The molecule has 1 amide bonds. The van der Waals surface area contributed by atoms with Gasteiger partial charge in [0, 0.05) is 19.6 Å². The summed E-state index contributed by atoms with van der Waals surface area (Å²) in [5, 5.41) is 2.68. The Morgan fingerprint density at radius 1 is 1.75 bits per heavy atom. The lowest BCUT2D eigenvalue weighted by Crippen LogP contribution is -2.37. The number of hydrogen-bond acceptors (Lipinski definition) is 3. The Hall–Kier alpha value is -0.870. The number of carbonyl (C=O) groups is 1. The maximum atomic E-state index is 11.0. The fourth-order valence-corrected chi connectivity index (χ4v) is 0.787. The number of nitrogens with two attached hydrogens (primary N) is 1. The minimum atomic E-state index is 0.00542. The van der Waals surface area contributed by atoms with Gasteiger partial charge in [0.05, 0.1) is 6.54 Å². The van der Waals surface area contributed by atoms with Crippen molar-refractivity contribution in [2.45, 2.75) is 0 Å². The van der Waals surface area contributed by atoms with E-state index in [9.17, 15) is 4.79 Å². The smallest absolute Gasteiger partial charge is 0.234 e. The van der Waals surface area contributed by atoms with Gasteiger partial charge in [-0.25, -0.2) is 0 Å². The van der Waals surface area contributed by atoms with Gasteiger partial charge in [0.15, 0.2) is 0 Å². The molecule has 12 heavy (non-hydrogen) atoms. The van der Waals surface area contributed by atoms with E-state index in [0.717, 1.165) is 6.54 Å². The normalized spacial score (nSPS) is 9.92. The van der Waals surface area contributed by atoms with Crippen molar-refractivity contribution in [3.05, 3.63) is 12.7 Å². The molecule has 0 saturated carbocycles. The van der Waals surface area contributed by atoms with Gasteiger partial charge >= 0.3 is 0 Å². The number of rotatable bonds is 6. The number of amides is 1. The highest BCUT2D eigenvalue weighted by atomic mass is 16.1. The Morgan fingerprint density at radius 2 is 2.42 bits per heavy atom. The van der Waals surface area contributed by atoms with E-state index in [1.807, 2.05) is 11.9 Å². The highest BCUT2D eigenvalue weighted by Gasteiger charge is 2.02. The van der Waals surface area contributed by atoms with Gasteiger partial charge in [-0.15, -0.1) is 6.58 Å². The van der Waals surface area contributed by atoms with Crippen molar-refractivity contribution in [1.29, 1.82) is 0 Å². The number of carbonyl (C=O) groups excluding carboxylic acids is 1. The molecule has 0 aliphatic rings. The van der Waals surface area contributed by atoms with Crippen LogP contribution < -0.4 is 11.1 Å². The predicted molar refractivity (Wildman–Crippen MR) is 49.8 cm³/mol. The monoisotopic (exact) mass is 171 g/mol. The molecule has 0 rings (SSSR count). The minimum Gasteiger partial charge on any atom is -0.352 e. The van der Waals surface area contributed by atoms with Gasteiger partial charge < -0.3 is 11.1 Å². The second-order valence-electron chi connectivity index (χ2n) is 2.62. The molecular formula is C8H17N3O. The zero-order chi connectivity index (χ0) is 9.40. The van der Waals surface area contributed by atoms with E-state index in [0.29, 0.717) is 19.6 Å². The molecule has 0 aromatic rings. The van der Waals surface area contributed by atoms with E-state index in [1.165, 1.54) is 0 Å². The Kier molecular flexibility index (Phi) is 6.32. The van der Waals surface area contributed by atoms with Crippen LogP contribution in [0.4, 0.5) is 0 Å². The first-order valence-corrected chi connectivity index (χ1v) is 3.97. The Balaban J connectivity index is 3.46. The Morgan fingerprint density at radius 3 is 2.92 bits per heavy atom. The lowest BCUT2D eigenvalue weighted by atomic mass is 10.4. The molecule has 0 spiro atoms. The van der Waals surface area contributed by atoms with E-state index < -0.39 is 0 Å². The predicted octanol–water partition coefficient (Wildman–Crippen LogP) is -0.821. The molecule has 0 bridgehead atoms. The zero-order valence-corrected chi connectivity index (χ0v) is 7.55. The van der Waals surface area contributed by atoms with E-state index in [2.05, 4.69) is 11.9 Å². The van der Waals surface area contributed by atoms with E-state index in [1.54, 1.807) is 6.08 Å². The second-order valence-corrected chi connectivity index (χ2v) is 2.62. The van der Waals surface area contributed by atoms with Crippen molar-refractivity contribution < 1.29 is 4.79 Å². The summed E-state index contributed by atoms with van der Waals surface area (Å²) in [5.41, 5.74) is 5.32. The molecule has 0 radical (unpaired) electrons. The topological polar surface area (TPSA) is 58.4 Å².